The average Bonchev–Trinajstić information content (AvgIpc) is 2.98. The van der Waals surface area contributed by atoms with Gasteiger partial charge in [-0.25, -0.2) is 4.98 Å². The number of ether oxygens (including phenoxy) is 1. The van der Waals surface area contributed by atoms with Crippen molar-refractivity contribution in [3.05, 3.63) is 11.2 Å². The SMILES string of the molecule is Nc1nc(-c2nc(C3CCCOC3)no2)cs1. The second-order valence-electron chi connectivity index (χ2n) is 3.94. The summed E-state index contributed by atoms with van der Waals surface area (Å²) in [6, 6.07) is 0. The summed E-state index contributed by atoms with van der Waals surface area (Å²) in [6.45, 7) is 1.49. The minimum Gasteiger partial charge on any atom is -0.381 e. The maximum atomic E-state index is 5.56. The third kappa shape index (κ3) is 2.16. The van der Waals surface area contributed by atoms with Gasteiger partial charge in [-0.15, -0.1) is 11.3 Å². The number of nitrogen functional groups attached to an aromatic ring is 1. The summed E-state index contributed by atoms with van der Waals surface area (Å²) < 4.78 is 10.6. The number of rotatable bonds is 2. The molecule has 7 heteroatoms. The predicted octanol–water partition coefficient (Wildman–Crippen LogP) is 1.67. The van der Waals surface area contributed by atoms with E-state index in [0.717, 1.165) is 19.4 Å². The molecule has 2 N–H and O–H groups in total. The molecule has 0 radical (unpaired) electrons. The normalized spacial score (nSPS) is 20.6. The van der Waals surface area contributed by atoms with Crippen molar-refractivity contribution in [2.45, 2.75) is 18.8 Å². The van der Waals surface area contributed by atoms with Crippen molar-refractivity contribution in [2.75, 3.05) is 18.9 Å². The van der Waals surface area contributed by atoms with E-state index in [4.69, 9.17) is 15.0 Å². The Bertz CT molecular complexity index is 504. The van der Waals surface area contributed by atoms with Gasteiger partial charge >= 0.3 is 0 Å². The molecule has 17 heavy (non-hydrogen) atoms. The quantitative estimate of drug-likeness (QED) is 0.874. The second-order valence-corrected chi connectivity index (χ2v) is 4.83. The number of anilines is 1. The van der Waals surface area contributed by atoms with E-state index in [9.17, 15) is 0 Å². The molecule has 2 aromatic heterocycles. The highest BCUT2D eigenvalue weighted by Crippen LogP contribution is 2.26. The van der Waals surface area contributed by atoms with E-state index < -0.39 is 0 Å². The van der Waals surface area contributed by atoms with E-state index in [1.807, 2.05) is 5.38 Å². The van der Waals surface area contributed by atoms with Crippen LogP contribution in [0.2, 0.25) is 0 Å². The van der Waals surface area contributed by atoms with Crippen molar-refractivity contribution in [3.8, 4) is 11.6 Å². The highest BCUT2D eigenvalue weighted by Gasteiger charge is 2.22. The third-order valence-corrected chi connectivity index (χ3v) is 3.38. The first kappa shape index (κ1) is 10.7. The van der Waals surface area contributed by atoms with Crippen LogP contribution in [0.4, 0.5) is 5.13 Å². The van der Waals surface area contributed by atoms with E-state index in [0.29, 0.717) is 29.1 Å². The van der Waals surface area contributed by atoms with Crippen molar-refractivity contribution in [3.63, 3.8) is 0 Å². The van der Waals surface area contributed by atoms with Gasteiger partial charge in [-0.1, -0.05) is 5.16 Å². The zero-order valence-electron chi connectivity index (χ0n) is 9.13. The van der Waals surface area contributed by atoms with Crippen LogP contribution in [0.25, 0.3) is 11.6 Å². The second kappa shape index (κ2) is 4.42. The van der Waals surface area contributed by atoms with Gasteiger partial charge in [0.1, 0.15) is 5.69 Å². The molecule has 1 unspecified atom stereocenters. The van der Waals surface area contributed by atoms with Crippen LogP contribution in [0.15, 0.2) is 9.90 Å². The number of nitrogens with zero attached hydrogens (tertiary/aromatic N) is 3. The largest absolute Gasteiger partial charge is 0.381 e. The molecule has 0 saturated carbocycles. The standard InChI is InChI=1S/C10H12N4O2S/c11-10-12-7(5-17-10)9-13-8(14-16-9)6-2-1-3-15-4-6/h5-6H,1-4H2,(H2,11,12). The summed E-state index contributed by atoms with van der Waals surface area (Å²) in [4.78, 5) is 8.46. The molecular weight excluding hydrogens is 240 g/mol. The maximum Gasteiger partial charge on any atom is 0.277 e. The van der Waals surface area contributed by atoms with E-state index in [1.165, 1.54) is 11.3 Å². The molecule has 0 bridgehead atoms. The molecule has 1 aliphatic rings. The van der Waals surface area contributed by atoms with Gasteiger partial charge in [0.25, 0.3) is 5.89 Å². The number of aromatic nitrogens is 3. The molecule has 3 rings (SSSR count). The number of nitrogens with two attached hydrogens (primary N) is 1. The van der Waals surface area contributed by atoms with Crippen molar-refractivity contribution in [1.29, 1.82) is 0 Å². The van der Waals surface area contributed by atoms with E-state index in [2.05, 4.69) is 15.1 Å². The smallest absolute Gasteiger partial charge is 0.277 e. The Balaban J connectivity index is 1.82. The molecule has 1 fully saturated rings. The van der Waals surface area contributed by atoms with Gasteiger partial charge < -0.3 is 15.0 Å². The number of hydrogen-bond donors (Lipinski definition) is 1. The molecule has 1 atom stereocenters. The molecule has 6 nitrogen and oxygen atoms in total. The van der Waals surface area contributed by atoms with Gasteiger partial charge in [0.2, 0.25) is 0 Å². The molecule has 0 amide bonds. The first-order valence-electron chi connectivity index (χ1n) is 5.45. The van der Waals surface area contributed by atoms with Crippen molar-refractivity contribution in [2.24, 2.45) is 0 Å². The Morgan fingerprint density at radius 1 is 1.41 bits per heavy atom. The van der Waals surface area contributed by atoms with Crippen LogP contribution >= 0.6 is 11.3 Å². The summed E-state index contributed by atoms with van der Waals surface area (Å²) in [5, 5.41) is 6.29. The van der Waals surface area contributed by atoms with Crippen LogP contribution in [0.1, 0.15) is 24.6 Å². The van der Waals surface area contributed by atoms with Crippen LogP contribution in [0, 0.1) is 0 Å². The van der Waals surface area contributed by atoms with E-state index >= 15 is 0 Å². The van der Waals surface area contributed by atoms with E-state index in [-0.39, 0.29) is 5.92 Å². The lowest BCUT2D eigenvalue weighted by atomic mass is 10.0. The van der Waals surface area contributed by atoms with Crippen LogP contribution in [0.5, 0.6) is 0 Å². The van der Waals surface area contributed by atoms with Crippen LogP contribution in [-0.2, 0) is 4.74 Å². The van der Waals surface area contributed by atoms with Crippen molar-refractivity contribution >= 4 is 16.5 Å². The summed E-state index contributed by atoms with van der Waals surface area (Å²) in [7, 11) is 0. The van der Waals surface area contributed by atoms with Gasteiger partial charge in [0, 0.05) is 17.9 Å². The van der Waals surface area contributed by atoms with Crippen molar-refractivity contribution < 1.29 is 9.26 Å². The Kier molecular flexibility index (Phi) is 2.77. The van der Waals surface area contributed by atoms with Gasteiger partial charge in [-0.2, -0.15) is 4.98 Å². The topological polar surface area (TPSA) is 87.1 Å². The highest BCUT2D eigenvalue weighted by atomic mass is 32.1. The lowest BCUT2D eigenvalue weighted by Crippen LogP contribution is -2.16. The lowest BCUT2D eigenvalue weighted by molar-refractivity contribution is 0.0773. The first-order valence-corrected chi connectivity index (χ1v) is 6.33. The summed E-state index contributed by atoms with van der Waals surface area (Å²) in [5.74, 6) is 1.36. The Labute approximate surface area is 102 Å². The molecule has 3 heterocycles. The van der Waals surface area contributed by atoms with Gasteiger partial charge in [-0.05, 0) is 12.8 Å². The molecule has 1 aliphatic heterocycles. The monoisotopic (exact) mass is 252 g/mol. The van der Waals surface area contributed by atoms with E-state index in [1.54, 1.807) is 0 Å². The number of hydrogen-bond acceptors (Lipinski definition) is 7. The zero-order chi connectivity index (χ0) is 11.7. The average molecular weight is 252 g/mol. The van der Waals surface area contributed by atoms with Gasteiger partial charge in [0.05, 0.1) is 6.61 Å². The minimum atomic E-state index is 0.234. The Hall–Kier alpha value is -1.47. The molecule has 0 aliphatic carbocycles. The Morgan fingerprint density at radius 2 is 2.35 bits per heavy atom. The van der Waals surface area contributed by atoms with Crippen LogP contribution in [0.3, 0.4) is 0 Å². The number of thiazole rings is 1. The first-order chi connectivity index (χ1) is 8.33. The zero-order valence-corrected chi connectivity index (χ0v) is 9.94. The highest BCUT2D eigenvalue weighted by molar-refractivity contribution is 7.13. The summed E-state index contributed by atoms with van der Waals surface area (Å²) in [5.41, 5.74) is 6.20. The molecule has 2 aromatic rings. The minimum absolute atomic E-state index is 0.234. The molecule has 0 aromatic carbocycles. The van der Waals surface area contributed by atoms with Crippen molar-refractivity contribution in [1.82, 2.24) is 15.1 Å². The Morgan fingerprint density at radius 3 is 3.06 bits per heavy atom. The fourth-order valence-corrected chi connectivity index (χ4v) is 2.37. The fourth-order valence-electron chi connectivity index (χ4n) is 1.83. The molecule has 1 saturated heterocycles. The van der Waals surface area contributed by atoms with Crippen LogP contribution in [-0.4, -0.2) is 28.3 Å². The molecule has 90 valence electrons. The molecular formula is C10H12N4O2S. The van der Waals surface area contributed by atoms with Crippen LogP contribution < -0.4 is 5.73 Å². The third-order valence-electron chi connectivity index (χ3n) is 2.71. The van der Waals surface area contributed by atoms with Gasteiger partial charge in [0.15, 0.2) is 11.0 Å². The summed E-state index contributed by atoms with van der Waals surface area (Å²) >= 11 is 1.36. The maximum absolute atomic E-state index is 5.56. The van der Waals surface area contributed by atoms with Gasteiger partial charge in [-0.3, -0.25) is 0 Å². The summed E-state index contributed by atoms with van der Waals surface area (Å²) in [6.07, 6.45) is 2.08. The molecule has 0 spiro atoms. The lowest BCUT2D eigenvalue weighted by Gasteiger charge is -2.18. The predicted molar refractivity (Wildman–Crippen MR) is 62.6 cm³/mol. The fraction of sp³-hybridized carbons (Fsp3) is 0.500.